The Morgan fingerprint density at radius 1 is 0.556 bits per heavy atom. The molecule has 0 aliphatic heterocycles. The lowest BCUT2D eigenvalue weighted by Gasteiger charge is -1.83. The van der Waals surface area contributed by atoms with Gasteiger partial charge in [-0.05, 0) is 0 Å². The Hall–Kier alpha value is -3.29. The van der Waals surface area contributed by atoms with Gasteiger partial charge in [-0.2, -0.15) is 17.7 Å². The summed E-state index contributed by atoms with van der Waals surface area (Å²) in [6, 6.07) is 0. The quantitative estimate of drug-likeness (QED) is 0.309. The lowest BCUT2D eigenvalue weighted by atomic mass is 10.8. The van der Waals surface area contributed by atoms with E-state index in [1.807, 2.05) is 0 Å². The van der Waals surface area contributed by atoms with Crippen molar-refractivity contribution in [2.45, 2.75) is 34.6 Å². The minimum atomic E-state index is -0.468. The molecule has 0 aromatic heterocycles. The van der Waals surface area contributed by atoms with Gasteiger partial charge in [0.1, 0.15) is 0 Å². The van der Waals surface area contributed by atoms with Crippen molar-refractivity contribution in [1.29, 1.82) is 0 Å². The lowest BCUT2D eigenvalue weighted by molar-refractivity contribution is -0.142. The molecule has 0 radical (unpaired) electrons. The third kappa shape index (κ3) is 128. The summed E-state index contributed by atoms with van der Waals surface area (Å²) in [6.07, 6.45) is 2.20. The zero-order chi connectivity index (χ0) is 22.8. The van der Waals surface area contributed by atoms with Crippen LogP contribution in [-0.2, 0) is 48.0 Å². The first-order valence-corrected chi connectivity index (χ1v) is 6.54. The Morgan fingerprint density at radius 3 is 0.704 bits per heavy atom. The SMILES string of the molecule is C=COC(C)=O.C=COC(C)=O.CC(=O)ON.CC(=O)ON.CC(=O)ON. The molecule has 0 fully saturated rings. The number of ether oxygens (including phenoxy) is 2. The fraction of sp³-hybridized carbons (Fsp3) is 0.357. The number of hydrogen-bond acceptors (Lipinski definition) is 13. The first-order chi connectivity index (χ1) is 12.4. The second kappa shape index (κ2) is 30.6. The van der Waals surface area contributed by atoms with E-state index in [1.54, 1.807) is 0 Å². The van der Waals surface area contributed by atoms with Crippen LogP contribution in [0.15, 0.2) is 25.7 Å². The summed E-state index contributed by atoms with van der Waals surface area (Å²) in [5.41, 5.74) is 0. The van der Waals surface area contributed by atoms with Gasteiger partial charge in [0.25, 0.3) is 0 Å². The van der Waals surface area contributed by atoms with Crippen LogP contribution in [0.4, 0.5) is 0 Å². The van der Waals surface area contributed by atoms with Gasteiger partial charge in [0.05, 0.1) is 12.5 Å². The molecule has 0 saturated heterocycles. The highest BCUT2D eigenvalue weighted by Gasteiger charge is 1.80. The van der Waals surface area contributed by atoms with Crippen LogP contribution in [0.1, 0.15) is 34.6 Å². The third-order valence-corrected chi connectivity index (χ3v) is 0.996. The maximum atomic E-state index is 9.75. The molecule has 0 heterocycles. The van der Waals surface area contributed by atoms with E-state index in [-0.39, 0.29) is 11.9 Å². The van der Waals surface area contributed by atoms with Crippen LogP contribution in [0.2, 0.25) is 0 Å². The topological polar surface area (TPSA) is 210 Å². The van der Waals surface area contributed by atoms with Crippen molar-refractivity contribution in [3.05, 3.63) is 25.7 Å². The van der Waals surface area contributed by atoms with Crippen molar-refractivity contribution in [2.24, 2.45) is 17.7 Å². The van der Waals surface area contributed by atoms with Crippen molar-refractivity contribution in [2.75, 3.05) is 0 Å². The second-order valence-corrected chi connectivity index (χ2v) is 3.38. The molecule has 13 nitrogen and oxygen atoms in total. The minimum absolute atomic E-state index is 0.329. The number of carbonyl (C=O) groups is 5. The largest absolute Gasteiger partial charge is 0.435 e. The molecule has 0 amide bonds. The van der Waals surface area contributed by atoms with E-state index in [0.717, 1.165) is 12.5 Å². The average molecular weight is 397 g/mol. The molecule has 0 bridgehead atoms. The zero-order valence-electron chi connectivity index (χ0n) is 15.9. The van der Waals surface area contributed by atoms with Crippen LogP contribution in [0.5, 0.6) is 0 Å². The summed E-state index contributed by atoms with van der Waals surface area (Å²) in [6.45, 7) is 12.7. The van der Waals surface area contributed by atoms with Gasteiger partial charge in [0.15, 0.2) is 0 Å². The molecule has 158 valence electrons. The van der Waals surface area contributed by atoms with Gasteiger partial charge in [-0.3, -0.25) is 24.0 Å². The molecule has 0 atom stereocenters. The number of nitrogens with two attached hydrogens (primary N) is 3. The first kappa shape index (κ1) is 34.9. The van der Waals surface area contributed by atoms with E-state index >= 15 is 0 Å². The molecule has 27 heavy (non-hydrogen) atoms. The summed E-state index contributed by atoms with van der Waals surface area (Å²) in [7, 11) is 0. The molecular formula is C14H27N3O10. The number of esters is 2. The van der Waals surface area contributed by atoms with Crippen molar-refractivity contribution >= 4 is 29.8 Å². The van der Waals surface area contributed by atoms with Crippen LogP contribution in [0.25, 0.3) is 0 Å². The van der Waals surface area contributed by atoms with E-state index in [0.29, 0.717) is 0 Å². The standard InChI is InChI=1S/2C4H6O2.3C2H5NO2/c2*1-3-6-4(2)5;3*1-2(4)5-3/h2*3H,1H2,2H3;3*3H2,1H3. The maximum Gasteiger partial charge on any atom is 0.321 e. The maximum absolute atomic E-state index is 9.75. The first-order valence-electron chi connectivity index (χ1n) is 6.54. The van der Waals surface area contributed by atoms with Gasteiger partial charge >= 0.3 is 29.8 Å². The highest BCUT2D eigenvalue weighted by Crippen LogP contribution is 1.71. The number of hydrogen-bond donors (Lipinski definition) is 3. The van der Waals surface area contributed by atoms with Crippen molar-refractivity contribution in [3.63, 3.8) is 0 Å². The van der Waals surface area contributed by atoms with Crippen LogP contribution in [0, 0.1) is 0 Å². The molecule has 0 aromatic rings. The molecule has 0 aromatic carbocycles. The molecule has 6 N–H and O–H groups in total. The van der Waals surface area contributed by atoms with Crippen LogP contribution >= 0.6 is 0 Å². The molecular weight excluding hydrogens is 370 g/mol. The van der Waals surface area contributed by atoms with Gasteiger partial charge in [-0.1, -0.05) is 13.2 Å². The third-order valence-electron chi connectivity index (χ3n) is 0.996. The summed E-state index contributed by atoms with van der Waals surface area (Å²) >= 11 is 0. The van der Waals surface area contributed by atoms with E-state index < -0.39 is 17.9 Å². The van der Waals surface area contributed by atoms with Crippen LogP contribution < -0.4 is 17.7 Å². The van der Waals surface area contributed by atoms with Crippen molar-refractivity contribution in [3.8, 4) is 0 Å². The molecule has 0 unspecified atom stereocenters. The summed E-state index contributed by atoms with van der Waals surface area (Å²) < 4.78 is 8.33. The fourth-order valence-electron chi connectivity index (χ4n) is 0.235. The van der Waals surface area contributed by atoms with Gasteiger partial charge in [-0.25, -0.2) is 0 Å². The Labute approximate surface area is 156 Å². The monoisotopic (exact) mass is 397 g/mol. The normalized spacial score (nSPS) is 6.81. The van der Waals surface area contributed by atoms with Crippen molar-refractivity contribution < 1.29 is 48.0 Å². The summed E-state index contributed by atoms with van der Waals surface area (Å²) in [5, 5.41) is 0. The predicted octanol–water partition coefficient (Wildman–Crippen LogP) is -0.344. The minimum Gasteiger partial charge on any atom is -0.435 e. The lowest BCUT2D eigenvalue weighted by Crippen LogP contribution is -2.03. The van der Waals surface area contributed by atoms with Gasteiger partial charge < -0.3 is 24.0 Å². The van der Waals surface area contributed by atoms with E-state index in [1.165, 1.54) is 34.6 Å². The predicted molar refractivity (Wildman–Crippen MR) is 91.8 cm³/mol. The summed E-state index contributed by atoms with van der Waals surface area (Å²) in [5.74, 6) is 10.9. The van der Waals surface area contributed by atoms with Gasteiger partial charge in [0, 0.05) is 34.6 Å². The van der Waals surface area contributed by atoms with E-state index in [4.69, 9.17) is 0 Å². The van der Waals surface area contributed by atoms with Crippen LogP contribution in [-0.4, -0.2) is 29.8 Å². The number of rotatable bonds is 2. The molecule has 0 rings (SSSR count). The van der Waals surface area contributed by atoms with Gasteiger partial charge in [0.2, 0.25) is 0 Å². The molecule has 0 spiro atoms. The fourth-order valence-corrected chi connectivity index (χ4v) is 0.235. The van der Waals surface area contributed by atoms with E-state index in [2.05, 4.69) is 54.8 Å². The Kier molecular flexibility index (Phi) is 39.6. The molecule has 0 aliphatic rings. The average Bonchev–Trinajstić information content (AvgIpc) is 2.56. The molecule has 0 saturated carbocycles. The summed E-state index contributed by atoms with van der Waals surface area (Å²) in [4.78, 5) is 58.7. The zero-order valence-corrected chi connectivity index (χ0v) is 15.9. The van der Waals surface area contributed by atoms with E-state index in [9.17, 15) is 24.0 Å². The smallest absolute Gasteiger partial charge is 0.321 e. The molecule has 13 heteroatoms. The Bertz CT molecular complexity index is 399. The number of carbonyl (C=O) groups excluding carboxylic acids is 5. The van der Waals surface area contributed by atoms with Crippen molar-refractivity contribution in [1.82, 2.24) is 0 Å². The second-order valence-electron chi connectivity index (χ2n) is 3.38. The Balaban J connectivity index is -0.0000000749. The molecule has 0 aliphatic carbocycles. The van der Waals surface area contributed by atoms with Crippen LogP contribution in [0.3, 0.4) is 0 Å². The Morgan fingerprint density at radius 2 is 0.704 bits per heavy atom. The highest BCUT2D eigenvalue weighted by atomic mass is 16.7. The highest BCUT2D eigenvalue weighted by molar-refractivity contribution is 5.67. The van der Waals surface area contributed by atoms with Gasteiger partial charge in [-0.15, -0.1) is 0 Å².